The highest BCUT2D eigenvalue weighted by Gasteiger charge is 2.13. The van der Waals surface area contributed by atoms with Gasteiger partial charge in [0.05, 0.1) is 12.3 Å². The summed E-state index contributed by atoms with van der Waals surface area (Å²) in [4.78, 5) is 6.17. The first kappa shape index (κ1) is 17.3. The topological polar surface area (TPSA) is 22.1 Å². The third kappa shape index (κ3) is 3.54. The lowest BCUT2D eigenvalue weighted by atomic mass is 10.1. The normalized spacial score (nSPS) is 13.0. The number of thiazole rings is 1. The van der Waals surface area contributed by atoms with Crippen molar-refractivity contribution in [3.05, 3.63) is 69.2 Å². The van der Waals surface area contributed by atoms with E-state index in [-0.39, 0.29) is 0 Å². The zero-order chi connectivity index (χ0) is 18.1. The lowest BCUT2D eigenvalue weighted by Crippen LogP contribution is -2.03. The minimum Gasteiger partial charge on any atom is -0.493 e. The average molecular weight is 364 g/mol. The predicted octanol–water partition coefficient (Wildman–Crippen LogP) is 5.85. The summed E-state index contributed by atoms with van der Waals surface area (Å²) in [5.74, 6) is 0.993. The Morgan fingerprint density at radius 2 is 1.81 bits per heavy atom. The molecule has 0 unspecified atom stereocenters. The van der Waals surface area contributed by atoms with Gasteiger partial charge in [-0.2, -0.15) is 0 Å². The molecule has 0 bridgehead atoms. The average Bonchev–Trinajstić information content (AvgIpc) is 3.24. The summed E-state index contributed by atoms with van der Waals surface area (Å²) in [6, 6.07) is 13.1. The van der Waals surface area contributed by atoms with E-state index in [2.05, 4.69) is 57.2 Å². The van der Waals surface area contributed by atoms with E-state index in [4.69, 9.17) is 9.72 Å². The van der Waals surface area contributed by atoms with Gasteiger partial charge in [0.1, 0.15) is 10.8 Å². The zero-order valence-corrected chi connectivity index (χ0v) is 16.6. The van der Waals surface area contributed by atoms with Crippen molar-refractivity contribution >= 4 is 11.3 Å². The van der Waals surface area contributed by atoms with Gasteiger partial charge in [-0.05, 0) is 80.5 Å². The van der Waals surface area contributed by atoms with Gasteiger partial charge in [-0.3, -0.25) is 0 Å². The molecule has 1 aromatic heterocycles. The van der Waals surface area contributed by atoms with Gasteiger partial charge in [0.2, 0.25) is 0 Å². The molecular formula is C23H25NOS. The van der Waals surface area contributed by atoms with Crippen LogP contribution in [0.25, 0.3) is 10.6 Å². The number of nitrogens with zero attached hydrogens (tertiary/aromatic N) is 1. The maximum absolute atomic E-state index is 6.00. The molecule has 3 heteroatoms. The van der Waals surface area contributed by atoms with Gasteiger partial charge in [0.25, 0.3) is 0 Å². The highest BCUT2D eigenvalue weighted by Crippen LogP contribution is 2.30. The van der Waals surface area contributed by atoms with Crippen LogP contribution in [0.4, 0.5) is 0 Å². The maximum atomic E-state index is 6.00. The van der Waals surface area contributed by atoms with Crippen molar-refractivity contribution in [2.75, 3.05) is 6.61 Å². The van der Waals surface area contributed by atoms with Gasteiger partial charge in [0.15, 0.2) is 0 Å². The smallest absolute Gasteiger partial charge is 0.123 e. The minimum absolute atomic E-state index is 0.676. The Balaban J connectivity index is 1.42. The summed E-state index contributed by atoms with van der Waals surface area (Å²) < 4.78 is 6.00. The Kier molecular flexibility index (Phi) is 4.82. The third-order valence-electron chi connectivity index (χ3n) is 5.32. The Labute approximate surface area is 159 Å². The van der Waals surface area contributed by atoms with Crippen LogP contribution in [-0.2, 0) is 19.3 Å². The molecule has 0 aliphatic heterocycles. The molecule has 0 N–H and O–H groups in total. The van der Waals surface area contributed by atoms with Gasteiger partial charge in [-0.1, -0.05) is 18.2 Å². The number of benzene rings is 2. The minimum atomic E-state index is 0.676. The number of rotatable bonds is 5. The van der Waals surface area contributed by atoms with Gasteiger partial charge in [0, 0.05) is 16.9 Å². The highest BCUT2D eigenvalue weighted by molar-refractivity contribution is 7.15. The van der Waals surface area contributed by atoms with Gasteiger partial charge in [-0.25, -0.2) is 4.98 Å². The number of ether oxygens (including phenoxy) is 1. The zero-order valence-electron chi connectivity index (χ0n) is 15.8. The molecule has 0 atom stereocenters. The van der Waals surface area contributed by atoms with Crippen molar-refractivity contribution in [1.29, 1.82) is 0 Å². The van der Waals surface area contributed by atoms with Crippen molar-refractivity contribution in [2.24, 2.45) is 0 Å². The molecule has 0 saturated heterocycles. The van der Waals surface area contributed by atoms with Crippen molar-refractivity contribution < 1.29 is 4.74 Å². The molecule has 4 rings (SSSR count). The highest BCUT2D eigenvalue weighted by atomic mass is 32.1. The molecule has 2 aromatic carbocycles. The van der Waals surface area contributed by atoms with Crippen molar-refractivity contribution in [1.82, 2.24) is 4.98 Å². The summed E-state index contributed by atoms with van der Waals surface area (Å²) >= 11 is 1.78. The Hall–Kier alpha value is -2.13. The Morgan fingerprint density at radius 3 is 2.65 bits per heavy atom. The standard InChI is InChI=1S/C23H25NOS/c1-15-7-8-20(13-16(15)2)23-24-22(17(3)26-23)11-12-25-21-10-9-18-5-4-6-19(18)14-21/h7-10,13-14H,4-6,11-12H2,1-3H3. The number of fused-ring (bicyclic) bond motifs is 1. The lowest BCUT2D eigenvalue weighted by molar-refractivity contribution is 0.320. The number of aryl methyl sites for hydroxylation is 5. The molecule has 1 aliphatic carbocycles. The van der Waals surface area contributed by atoms with E-state index in [1.807, 2.05) is 0 Å². The fourth-order valence-electron chi connectivity index (χ4n) is 3.56. The van der Waals surface area contributed by atoms with Crippen LogP contribution in [0.5, 0.6) is 5.75 Å². The SMILES string of the molecule is Cc1ccc(-c2nc(CCOc3ccc4c(c3)CCC4)c(C)s2)cc1C. The molecule has 0 amide bonds. The first-order valence-electron chi connectivity index (χ1n) is 9.38. The van der Waals surface area contributed by atoms with Gasteiger partial charge < -0.3 is 4.74 Å². The molecule has 2 nitrogen and oxygen atoms in total. The van der Waals surface area contributed by atoms with Crippen LogP contribution < -0.4 is 4.74 Å². The largest absolute Gasteiger partial charge is 0.493 e. The predicted molar refractivity (Wildman–Crippen MR) is 109 cm³/mol. The fraction of sp³-hybridized carbons (Fsp3) is 0.348. The monoisotopic (exact) mass is 363 g/mol. The van der Waals surface area contributed by atoms with Crippen LogP contribution in [0.1, 0.15) is 39.2 Å². The van der Waals surface area contributed by atoms with Crippen LogP contribution in [0, 0.1) is 20.8 Å². The molecule has 3 aromatic rings. The van der Waals surface area contributed by atoms with Crippen molar-refractivity contribution in [3.8, 4) is 16.3 Å². The Morgan fingerprint density at radius 1 is 0.962 bits per heavy atom. The van der Waals surface area contributed by atoms with Crippen LogP contribution in [0.2, 0.25) is 0 Å². The van der Waals surface area contributed by atoms with Gasteiger partial charge >= 0.3 is 0 Å². The summed E-state index contributed by atoms with van der Waals surface area (Å²) in [6.45, 7) is 7.14. The summed E-state index contributed by atoms with van der Waals surface area (Å²) in [5.41, 5.74) is 7.97. The second-order valence-corrected chi connectivity index (χ2v) is 8.41. The quantitative estimate of drug-likeness (QED) is 0.567. The van der Waals surface area contributed by atoms with E-state index >= 15 is 0 Å². The molecule has 0 saturated carbocycles. The lowest BCUT2D eigenvalue weighted by Gasteiger charge is -2.07. The first-order valence-corrected chi connectivity index (χ1v) is 10.2. The molecular weight excluding hydrogens is 338 g/mol. The van der Waals surface area contributed by atoms with Crippen molar-refractivity contribution in [3.63, 3.8) is 0 Å². The maximum Gasteiger partial charge on any atom is 0.123 e. The van der Waals surface area contributed by atoms with Crippen LogP contribution in [0.15, 0.2) is 36.4 Å². The van der Waals surface area contributed by atoms with Gasteiger partial charge in [-0.15, -0.1) is 11.3 Å². The molecule has 1 aliphatic rings. The molecule has 134 valence electrons. The van der Waals surface area contributed by atoms with Crippen LogP contribution in [0.3, 0.4) is 0 Å². The number of aromatic nitrogens is 1. The van der Waals surface area contributed by atoms with E-state index in [9.17, 15) is 0 Å². The van der Waals surface area contributed by atoms with E-state index < -0.39 is 0 Å². The second kappa shape index (κ2) is 7.24. The number of hydrogen-bond donors (Lipinski definition) is 0. The molecule has 1 heterocycles. The van der Waals surface area contributed by atoms with Crippen LogP contribution in [-0.4, -0.2) is 11.6 Å². The van der Waals surface area contributed by atoms with E-state index in [1.165, 1.54) is 52.0 Å². The van der Waals surface area contributed by atoms with E-state index in [0.717, 1.165) is 22.9 Å². The fourth-order valence-corrected chi connectivity index (χ4v) is 4.52. The summed E-state index contributed by atoms with van der Waals surface area (Å²) in [7, 11) is 0. The Bertz CT molecular complexity index is 941. The second-order valence-electron chi connectivity index (χ2n) is 7.20. The molecule has 0 fully saturated rings. The first-order chi connectivity index (χ1) is 12.6. The molecule has 0 spiro atoms. The van der Waals surface area contributed by atoms with Crippen molar-refractivity contribution in [2.45, 2.75) is 46.5 Å². The van der Waals surface area contributed by atoms with E-state index in [0.29, 0.717) is 6.61 Å². The van der Waals surface area contributed by atoms with Crippen LogP contribution >= 0.6 is 11.3 Å². The molecule has 0 radical (unpaired) electrons. The van der Waals surface area contributed by atoms with E-state index in [1.54, 1.807) is 11.3 Å². The summed E-state index contributed by atoms with van der Waals surface area (Å²) in [6.07, 6.45) is 4.54. The molecule has 26 heavy (non-hydrogen) atoms. The third-order valence-corrected chi connectivity index (χ3v) is 6.39. The number of hydrogen-bond acceptors (Lipinski definition) is 3. The summed E-state index contributed by atoms with van der Waals surface area (Å²) in [5, 5.41) is 1.11.